The molecule has 0 spiro atoms. The first-order valence-electron chi connectivity index (χ1n) is 8.01. The van der Waals surface area contributed by atoms with Crippen molar-refractivity contribution < 1.29 is 9.53 Å². The van der Waals surface area contributed by atoms with E-state index in [0.29, 0.717) is 27.8 Å². The van der Waals surface area contributed by atoms with Gasteiger partial charge in [-0.25, -0.2) is 4.98 Å². The quantitative estimate of drug-likeness (QED) is 0.681. The molecule has 26 heavy (non-hydrogen) atoms. The fourth-order valence-electron chi connectivity index (χ4n) is 2.41. The number of anilines is 2. The molecule has 3 rings (SSSR count). The second-order valence-electron chi connectivity index (χ2n) is 5.86. The van der Waals surface area contributed by atoms with Crippen molar-refractivity contribution in [2.45, 2.75) is 13.8 Å². The van der Waals surface area contributed by atoms with Crippen LogP contribution in [0.15, 0.2) is 54.6 Å². The fourth-order valence-corrected chi connectivity index (χ4v) is 2.59. The number of amides is 1. The minimum atomic E-state index is -0.321. The van der Waals surface area contributed by atoms with Gasteiger partial charge < -0.3 is 15.8 Å². The first kappa shape index (κ1) is 17.8. The average Bonchev–Trinajstić information content (AvgIpc) is 2.58. The number of rotatable bonds is 4. The summed E-state index contributed by atoms with van der Waals surface area (Å²) in [6.45, 7) is 3.74. The zero-order valence-corrected chi connectivity index (χ0v) is 15.2. The Bertz CT molecular complexity index is 973. The highest BCUT2D eigenvalue weighted by molar-refractivity contribution is 6.30. The second-order valence-corrected chi connectivity index (χ2v) is 6.30. The number of halogens is 1. The van der Waals surface area contributed by atoms with Crippen molar-refractivity contribution in [1.29, 1.82) is 0 Å². The number of nitrogens with two attached hydrogens (primary N) is 1. The molecule has 0 unspecified atom stereocenters. The molecule has 3 N–H and O–H groups in total. The van der Waals surface area contributed by atoms with E-state index < -0.39 is 0 Å². The van der Waals surface area contributed by atoms with Crippen molar-refractivity contribution >= 4 is 29.0 Å². The Kier molecular flexibility index (Phi) is 5.09. The van der Waals surface area contributed by atoms with Crippen LogP contribution in [0.1, 0.15) is 21.6 Å². The Morgan fingerprint density at radius 1 is 1.08 bits per heavy atom. The van der Waals surface area contributed by atoms with E-state index in [0.717, 1.165) is 11.3 Å². The van der Waals surface area contributed by atoms with Crippen molar-refractivity contribution in [3.8, 4) is 11.5 Å². The zero-order chi connectivity index (χ0) is 18.7. The van der Waals surface area contributed by atoms with Gasteiger partial charge in [0.15, 0.2) is 0 Å². The summed E-state index contributed by atoms with van der Waals surface area (Å²) in [4.78, 5) is 16.7. The van der Waals surface area contributed by atoms with Crippen LogP contribution < -0.4 is 15.8 Å². The van der Waals surface area contributed by atoms with Crippen molar-refractivity contribution in [2.75, 3.05) is 11.1 Å². The van der Waals surface area contributed by atoms with E-state index in [-0.39, 0.29) is 11.7 Å². The zero-order valence-electron chi connectivity index (χ0n) is 14.4. The van der Waals surface area contributed by atoms with Gasteiger partial charge in [-0.2, -0.15) is 0 Å². The van der Waals surface area contributed by atoms with Gasteiger partial charge in [-0.05, 0) is 55.8 Å². The van der Waals surface area contributed by atoms with Crippen LogP contribution in [-0.4, -0.2) is 10.9 Å². The van der Waals surface area contributed by atoms with E-state index in [1.807, 2.05) is 13.8 Å². The topological polar surface area (TPSA) is 77.2 Å². The molecule has 6 heteroatoms. The molecule has 1 aromatic heterocycles. The third kappa shape index (κ3) is 4.13. The summed E-state index contributed by atoms with van der Waals surface area (Å²) in [7, 11) is 0. The first-order valence-corrected chi connectivity index (χ1v) is 8.39. The number of aryl methyl sites for hydroxylation is 2. The Morgan fingerprint density at radius 3 is 2.50 bits per heavy atom. The normalized spacial score (nSPS) is 10.4. The number of ether oxygens (including phenoxy) is 1. The van der Waals surface area contributed by atoms with E-state index in [4.69, 9.17) is 22.1 Å². The molecule has 132 valence electrons. The van der Waals surface area contributed by atoms with Gasteiger partial charge in [0, 0.05) is 22.5 Å². The van der Waals surface area contributed by atoms with Gasteiger partial charge in [-0.1, -0.05) is 23.7 Å². The third-order valence-electron chi connectivity index (χ3n) is 3.86. The van der Waals surface area contributed by atoms with Crippen molar-refractivity contribution in [1.82, 2.24) is 4.98 Å². The van der Waals surface area contributed by atoms with E-state index in [9.17, 15) is 4.79 Å². The third-order valence-corrected chi connectivity index (χ3v) is 4.10. The van der Waals surface area contributed by atoms with Crippen LogP contribution in [0, 0.1) is 13.8 Å². The smallest absolute Gasteiger partial charge is 0.259 e. The Labute approximate surface area is 156 Å². The molecule has 0 fully saturated rings. The number of carbonyl (C=O) groups excluding carboxylic acids is 1. The average molecular weight is 368 g/mol. The molecule has 0 aliphatic carbocycles. The van der Waals surface area contributed by atoms with Crippen LogP contribution in [0.5, 0.6) is 11.5 Å². The lowest BCUT2D eigenvalue weighted by Gasteiger charge is -2.11. The highest BCUT2D eigenvalue weighted by Crippen LogP contribution is 2.26. The number of pyridine rings is 1. The monoisotopic (exact) mass is 367 g/mol. The van der Waals surface area contributed by atoms with Gasteiger partial charge in [0.1, 0.15) is 17.3 Å². The molecular weight excluding hydrogens is 350 g/mol. The Morgan fingerprint density at radius 2 is 1.77 bits per heavy atom. The lowest BCUT2D eigenvalue weighted by atomic mass is 10.1. The van der Waals surface area contributed by atoms with Crippen LogP contribution in [-0.2, 0) is 0 Å². The maximum atomic E-state index is 12.5. The molecule has 0 saturated carbocycles. The first-order chi connectivity index (χ1) is 12.4. The molecule has 3 aromatic rings. The summed E-state index contributed by atoms with van der Waals surface area (Å²) in [5, 5.41) is 3.41. The number of carbonyl (C=O) groups is 1. The minimum absolute atomic E-state index is 0.205. The van der Waals surface area contributed by atoms with Gasteiger partial charge in [0.2, 0.25) is 0 Å². The number of hydrogen-bond donors (Lipinski definition) is 2. The second kappa shape index (κ2) is 7.45. The summed E-state index contributed by atoms with van der Waals surface area (Å²) >= 11 is 5.96. The number of nitrogens with zero attached hydrogens (tertiary/aromatic N) is 1. The van der Waals surface area contributed by atoms with E-state index >= 15 is 0 Å². The molecule has 0 aliphatic heterocycles. The van der Waals surface area contributed by atoms with Gasteiger partial charge in [0.25, 0.3) is 5.91 Å². The van der Waals surface area contributed by atoms with Crippen LogP contribution in [0.3, 0.4) is 0 Å². The Balaban J connectivity index is 1.78. The predicted octanol–water partition coefficient (Wildman–Crippen LogP) is 4.98. The summed E-state index contributed by atoms with van der Waals surface area (Å²) in [6, 6.07) is 15.9. The van der Waals surface area contributed by atoms with Crippen molar-refractivity contribution in [3.63, 3.8) is 0 Å². The van der Waals surface area contributed by atoms with Crippen LogP contribution >= 0.6 is 11.6 Å². The van der Waals surface area contributed by atoms with Gasteiger partial charge in [-0.3, -0.25) is 4.79 Å². The highest BCUT2D eigenvalue weighted by Gasteiger charge is 2.13. The molecule has 1 amide bonds. The van der Waals surface area contributed by atoms with Gasteiger partial charge in [-0.15, -0.1) is 0 Å². The molecule has 1 heterocycles. The molecule has 0 atom stereocenters. The van der Waals surface area contributed by atoms with Crippen LogP contribution in [0.2, 0.25) is 5.02 Å². The number of nitrogen functional groups attached to an aromatic ring is 1. The Hall–Kier alpha value is -3.05. The predicted molar refractivity (Wildman–Crippen MR) is 104 cm³/mol. The molecule has 5 nitrogen and oxygen atoms in total. The SMILES string of the molecule is Cc1cc(C(=O)Nc2cccc(Oc3cccc(Cl)c3)c2)c(N)nc1C. The number of hydrogen-bond acceptors (Lipinski definition) is 4. The highest BCUT2D eigenvalue weighted by atomic mass is 35.5. The maximum absolute atomic E-state index is 12.5. The van der Waals surface area contributed by atoms with Crippen LogP contribution in [0.4, 0.5) is 11.5 Å². The number of aromatic nitrogens is 1. The number of nitrogens with one attached hydrogen (secondary N) is 1. The lowest BCUT2D eigenvalue weighted by molar-refractivity contribution is 0.102. The van der Waals surface area contributed by atoms with Crippen molar-refractivity contribution in [3.05, 3.63) is 76.4 Å². The standard InChI is InChI=1S/C20H18ClN3O2/c1-12-9-18(19(22)23-13(12)2)20(25)24-15-6-4-8-17(11-15)26-16-7-3-5-14(21)10-16/h3-11H,1-2H3,(H2,22,23)(H,24,25). The maximum Gasteiger partial charge on any atom is 0.259 e. The van der Waals surface area contributed by atoms with Crippen molar-refractivity contribution in [2.24, 2.45) is 0 Å². The van der Waals surface area contributed by atoms with Gasteiger partial charge in [0.05, 0.1) is 5.56 Å². The number of benzene rings is 2. The lowest BCUT2D eigenvalue weighted by Crippen LogP contribution is -2.15. The molecule has 0 radical (unpaired) electrons. The summed E-state index contributed by atoms with van der Waals surface area (Å²) in [5.74, 6) is 1.08. The van der Waals surface area contributed by atoms with E-state index in [1.54, 1.807) is 54.6 Å². The van der Waals surface area contributed by atoms with E-state index in [2.05, 4.69) is 10.3 Å². The molecular formula is C20H18ClN3O2. The summed E-state index contributed by atoms with van der Waals surface area (Å²) in [6.07, 6.45) is 0. The summed E-state index contributed by atoms with van der Waals surface area (Å²) in [5.41, 5.74) is 8.52. The summed E-state index contributed by atoms with van der Waals surface area (Å²) < 4.78 is 5.77. The molecule has 0 saturated heterocycles. The van der Waals surface area contributed by atoms with E-state index in [1.165, 1.54) is 0 Å². The van der Waals surface area contributed by atoms with Crippen LogP contribution in [0.25, 0.3) is 0 Å². The minimum Gasteiger partial charge on any atom is -0.457 e. The molecule has 0 aliphatic rings. The fraction of sp³-hybridized carbons (Fsp3) is 0.100. The largest absolute Gasteiger partial charge is 0.457 e. The molecule has 2 aromatic carbocycles. The molecule has 0 bridgehead atoms. The van der Waals surface area contributed by atoms with Gasteiger partial charge >= 0.3 is 0 Å².